The van der Waals surface area contributed by atoms with Gasteiger partial charge in [-0.05, 0) is 25.5 Å². The van der Waals surface area contributed by atoms with Crippen molar-refractivity contribution in [2.45, 2.75) is 146 Å². The van der Waals surface area contributed by atoms with Crippen LogP contribution in [0.15, 0.2) is 6.20 Å². The fourth-order valence-electron chi connectivity index (χ4n) is 5.35. The first-order valence-corrected chi connectivity index (χ1v) is 18.0. The summed E-state index contributed by atoms with van der Waals surface area (Å²) < 4.78 is 6.56. The highest BCUT2D eigenvalue weighted by atomic mass is 32.2. The van der Waals surface area contributed by atoms with Crippen LogP contribution in [0.4, 0.5) is 5.82 Å². The third-order valence-corrected chi connectivity index (χ3v) is 9.11. The average Bonchev–Trinajstić information content (AvgIpc) is 3.49. The van der Waals surface area contributed by atoms with Crippen LogP contribution in [0.25, 0.3) is 0 Å². The van der Waals surface area contributed by atoms with Crippen LogP contribution in [0.2, 0.25) is 0 Å². The van der Waals surface area contributed by atoms with E-state index in [-0.39, 0.29) is 11.7 Å². The Hall–Kier alpha value is -1.77. The Balaban J connectivity index is 1.69. The van der Waals surface area contributed by atoms with Crippen LogP contribution >= 0.6 is 11.8 Å². The van der Waals surface area contributed by atoms with E-state index in [2.05, 4.69) is 34.8 Å². The van der Waals surface area contributed by atoms with E-state index >= 15 is 0 Å². The molecule has 1 aliphatic heterocycles. The largest absolute Gasteiger partial charge is 0.394 e. The number of rotatable bonds is 25. The van der Waals surface area contributed by atoms with Crippen molar-refractivity contribution in [3.63, 3.8) is 0 Å². The van der Waals surface area contributed by atoms with Crippen LogP contribution in [-0.4, -0.2) is 95.8 Å². The van der Waals surface area contributed by atoms with Gasteiger partial charge in [0.1, 0.15) is 30.5 Å². The van der Waals surface area contributed by atoms with Gasteiger partial charge in [0.2, 0.25) is 11.8 Å². The highest BCUT2D eigenvalue weighted by Gasteiger charge is 2.44. The van der Waals surface area contributed by atoms with E-state index in [1.165, 1.54) is 95.0 Å². The molecular weight excluding hydrogens is 598 g/mol. The van der Waals surface area contributed by atoms with Gasteiger partial charge in [-0.2, -0.15) is 11.8 Å². The van der Waals surface area contributed by atoms with E-state index in [0.29, 0.717) is 17.9 Å². The summed E-state index contributed by atoms with van der Waals surface area (Å²) in [6.07, 6.45) is 15.2. The summed E-state index contributed by atoms with van der Waals surface area (Å²) in [5.41, 5.74) is 0. The molecule has 1 saturated heterocycles. The van der Waals surface area contributed by atoms with E-state index in [0.717, 1.165) is 23.9 Å². The Morgan fingerprint density at radius 3 is 2.09 bits per heavy atom. The van der Waals surface area contributed by atoms with E-state index in [9.17, 15) is 30.0 Å². The molecule has 258 valence electrons. The number of nitrogens with zero attached hydrogens (tertiary/aromatic N) is 3. The molecule has 2 rings (SSSR count). The second kappa shape index (κ2) is 23.5. The van der Waals surface area contributed by atoms with Gasteiger partial charge < -0.3 is 35.8 Å². The third kappa shape index (κ3) is 15.1. The zero-order valence-electron chi connectivity index (χ0n) is 27.0. The lowest BCUT2D eigenvalue weighted by Gasteiger charge is -2.39. The number of hydrogen-bond donors (Lipinski definition) is 6. The van der Waals surface area contributed by atoms with Crippen LogP contribution in [0, 0.1) is 13.3 Å². The minimum Gasteiger partial charge on any atom is -0.394 e. The SMILES string of the molecule is [CH2][CH]CSC[C@@H](NC(=O)CCCCCCCCCCCCCCCCC)C(=O)Nc1cn([C@H]2OC(CO)C(O)C(O)C2O)nn1. The summed E-state index contributed by atoms with van der Waals surface area (Å²) >= 11 is 1.46. The first kappa shape index (κ1) is 39.4. The van der Waals surface area contributed by atoms with Crippen molar-refractivity contribution in [3.05, 3.63) is 19.5 Å². The summed E-state index contributed by atoms with van der Waals surface area (Å²) in [5.74, 6) is 0.341. The third-order valence-electron chi connectivity index (χ3n) is 8.07. The van der Waals surface area contributed by atoms with E-state index in [4.69, 9.17) is 4.74 Å². The van der Waals surface area contributed by atoms with Crippen LogP contribution in [-0.2, 0) is 14.3 Å². The van der Waals surface area contributed by atoms with Crippen molar-refractivity contribution in [1.82, 2.24) is 20.3 Å². The van der Waals surface area contributed by atoms with Gasteiger partial charge in [0.15, 0.2) is 12.0 Å². The van der Waals surface area contributed by atoms with Crippen molar-refractivity contribution in [2.24, 2.45) is 0 Å². The standard InChI is InChI=1S/C32H57N5O7S/c1-3-5-6-7-8-9-10-11-12-13-14-15-16-17-18-19-27(39)33-24(23-45-20-4-2)31(43)34-26-21-37(36-35-26)32-30(42)29(41)28(40)25(22-38)44-32/h4,21,24-25,28-30,32,38,40-42H,2-3,5-20,22-23H2,1H3,(H,33,39)(H,34,43)/t24-,25?,28?,29?,30?,32+/m1/s1. The maximum atomic E-state index is 13.1. The number of anilines is 1. The fourth-order valence-corrected chi connectivity index (χ4v) is 6.12. The second-order valence-corrected chi connectivity index (χ2v) is 13.0. The van der Waals surface area contributed by atoms with E-state index in [1.807, 2.05) is 0 Å². The Labute approximate surface area is 273 Å². The van der Waals surface area contributed by atoms with Crippen LogP contribution in [0.3, 0.4) is 0 Å². The highest BCUT2D eigenvalue weighted by Crippen LogP contribution is 2.28. The number of carbonyl (C=O) groups is 2. The topological polar surface area (TPSA) is 179 Å². The molecule has 0 spiro atoms. The maximum absolute atomic E-state index is 13.1. The van der Waals surface area contributed by atoms with Gasteiger partial charge >= 0.3 is 0 Å². The van der Waals surface area contributed by atoms with Gasteiger partial charge in [-0.3, -0.25) is 9.59 Å². The number of unbranched alkanes of at least 4 members (excludes halogenated alkanes) is 14. The van der Waals surface area contributed by atoms with Crippen molar-refractivity contribution < 1.29 is 34.8 Å². The van der Waals surface area contributed by atoms with Crippen molar-refractivity contribution >= 4 is 29.4 Å². The number of nitrogens with one attached hydrogen (secondary N) is 2. The predicted molar refractivity (Wildman–Crippen MR) is 176 cm³/mol. The minimum absolute atomic E-state index is 0.0485. The lowest BCUT2D eigenvalue weighted by Crippen LogP contribution is -2.56. The molecule has 1 fully saturated rings. The van der Waals surface area contributed by atoms with Gasteiger partial charge in [0.25, 0.3) is 0 Å². The van der Waals surface area contributed by atoms with Crippen LogP contribution < -0.4 is 10.6 Å². The number of aliphatic hydroxyl groups is 4. The van der Waals surface area contributed by atoms with Crippen molar-refractivity contribution in [1.29, 1.82) is 0 Å². The molecular formula is C32H57N5O7S. The monoisotopic (exact) mass is 655 g/mol. The van der Waals surface area contributed by atoms with E-state index in [1.54, 1.807) is 6.42 Å². The molecule has 4 unspecified atom stereocenters. The van der Waals surface area contributed by atoms with Crippen LogP contribution in [0.1, 0.15) is 116 Å². The quantitative estimate of drug-likeness (QED) is 0.0851. The number of hydrogen-bond acceptors (Lipinski definition) is 10. The fraction of sp³-hybridized carbons (Fsp3) is 0.812. The predicted octanol–water partition coefficient (Wildman–Crippen LogP) is 3.71. The molecule has 13 heteroatoms. The van der Waals surface area contributed by atoms with Gasteiger partial charge in [0, 0.05) is 12.2 Å². The molecule has 0 saturated carbocycles. The Kier molecular flexibility index (Phi) is 20.6. The molecule has 2 heterocycles. The molecule has 0 aromatic carbocycles. The molecule has 12 nitrogen and oxygen atoms in total. The summed E-state index contributed by atoms with van der Waals surface area (Å²) in [5, 5.41) is 53.0. The van der Waals surface area contributed by atoms with Gasteiger partial charge in [0.05, 0.1) is 12.8 Å². The molecule has 1 aromatic heterocycles. The molecule has 1 aromatic rings. The number of thioether (sulfide) groups is 1. The average molecular weight is 656 g/mol. The van der Waals surface area contributed by atoms with Crippen LogP contribution in [0.5, 0.6) is 0 Å². The molecule has 45 heavy (non-hydrogen) atoms. The Bertz CT molecular complexity index is 937. The minimum atomic E-state index is -1.57. The molecule has 1 aliphatic rings. The molecule has 6 N–H and O–H groups in total. The summed E-state index contributed by atoms with van der Waals surface area (Å²) in [7, 11) is 0. The normalized spacial score (nSPS) is 22.3. The van der Waals surface area contributed by atoms with E-state index < -0.39 is 49.2 Å². The number of ether oxygens (including phenoxy) is 1. The van der Waals surface area contributed by atoms with Crippen molar-refractivity contribution in [2.75, 3.05) is 23.4 Å². The zero-order valence-corrected chi connectivity index (χ0v) is 27.8. The smallest absolute Gasteiger partial charge is 0.249 e. The second-order valence-electron chi connectivity index (χ2n) is 11.9. The molecule has 0 aliphatic carbocycles. The molecule has 6 atom stereocenters. The molecule has 0 bridgehead atoms. The Morgan fingerprint density at radius 1 is 0.956 bits per heavy atom. The number of carbonyl (C=O) groups excluding carboxylic acids is 2. The highest BCUT2D eigenvalue weighted by molar-refractivity contribution is 7.99. The summed E-state index contributed by atoms with van der Waals surface area (Å²) in [4.78, 5) is 25.7. The lowest BCUT2D eigenvalue weighted by atomic mass is 9.98. The maximum Gasteiger partial charge on any atom is 0.249 e. The number of aliphatic hydroxyl groups excluding tert-OH is 4. The molecule has 2 amide bonds. The first-order valence-electron chi connectivity index (χ1n) is 16.8. The van der Waals surface area contributed by atoms with Gasteiger partial charge in [-0.25, -0.2) is 4.68 Å². The molecule has 2 radical (unpaired) electrons. The zero-order chi connectivity index (χ0) is 32.9. The number of amides is 2. The van der Waals surface area contributed by atoms with Crippen molar-refractivity contribution in [3.8, 4) is 0 Å². The summed E-state index contributed by atoms with van der Waals surface area (Å²) in [6.45, 7) is 5.37. The van der Waals surface area contributed by atoms with Gasteiger partial charge in [-0.1, -0.05) is 102 Å². The first-order chi connectivity index (χ1) is 21.8. The lowest BCUT2D eigenvalue weighted by molar-refractivity contribution is -0.254. The Morgan fingerprint density at radius 2 is 1.53 bits per heavy atom. The summed E-state index contributed by atoms with van der Waals surface area (Å²) in [6, 6.07) is -0.809. The van der Waals surface area contributed by atoms with Gasteiger partial charge in [-0.15, -0.1) is 5.10 Å². The number of aromatic nitrogens is 3.